The summed E-state index contributed by atoms with van der Waals surface area (Å²) in [7, 11) is 0. The van der Waals surface area contributed by atoms with Crippen molar-refractivity contribution in [2.45, 2.75) is 76.0 Å². The summed E-state index contributed by atoms with van der Waals surface area (Å²) in [5, 5.41) is 11.4. The topological polar surface area (TPSA) is 45.9 Å². The van der Waals surface area contributed by atoms with Crippen LogP contribution in [0.5, 0.6) is 0 Å². The normalized spacial score (nSPS) is 15.0. The standard InChI is InChI=1S/C72H54N2O3S2/c1-3-11-43(12-4-1)45-19-23-47(24-20-45)73(51-29-33-57-55-15-7-9-17-69(55)78-71(57)37-51)49-27-31-53-59-39-67-61(41-65(59)75-63(53)35-49)62-42-66-60(40-68(62)77-67)54-32-28-50(36-64(54)76-66)74(48-25-21-46(22-26-48)44-13-5-2-6-14-44)52-30-34-58-56-16-8-10-18-70(56)79-72(58)38-52/h7-10,15-44H,1-6,11-14H2. The Balaban J connectivity index is 0.745. The third-order valence-corrected chi connectivity index (χ3v) is 20.1. The number of anilines is 6. The number of fused-ring (bicyclic) bond motifs is 15. The van der Waals surface area contributed by atoms with Crippen LogP contribution in [0.1, 0.15) is 87.2 Å². The minimum atomic E-state index is 0.644. The van der Waals surface area contributed by atoms with Gasteiger partial charge in [-0.1, -0.05) is 111 Å². The van der Waals surface area contributed by atoms with Gasteiger partial charge in [0, 0.05) is 119 Å². The number of furan rings is 3. The molecule has 2 aliphatic carbocycles. The molecule has 2 fully saturated rings. The van der Waals surface area contributed by atoms with Gasteiger partial charge < -0.3 is 23.1 Å². The molecule has 0 radical (unpaired) electrons. The first kappa shape index (κ1) is 45.6. The van der Waals surface area contributed by atoms with Crippen LogP contribution < -0.4 is 9.80 Å². The molecule has 0 amide bonds. The van der Waals surface area contributed by atoms with Gasteiger partial charge in [-0.25, -0.2) is 0 Å². The highest BCUT2D eigenvalue weighted by Gasteiger charge is 2.24. The van der Waals surface area contributed by atoms with Crippen LogP contribution in [0.25, 0.3) is 106 Å². The third-order valence-electron chi connectivity index (χ3n) is 17.8. The fraction of sp³-hybridized carbons (Fsp3) is 0.167. The molecule has 0 aliphatic heterocycles. The van der Waals surface area contributed by atoms with Crippen molar-refractivity contribution in [3.05, 3.63) is 205 Å². The molecule has 17 rings (SSSR count). The molecule has 7 heteroatoms. The first-order chi connectivity index (χ1) is 39.1. The summed E-state index contributed by atoms with van der Waals surface area (Å²) in [4.78, 5) is 4.78. The molecule has 5 nitrogen and oxygen atoms in total. The van der Waals surface area contributed by atoms with Crippen LogP contribution in [0.2, 0.25) is 0 Å². The molecule has 0 spiro atoms. The van der Waals surface area contributed by atoms with E-state index < -0.39 is 0 Å². The summed E-state index contributed by atoms with van der Waals surface area (Å²) in [6.45, 7) is 0. The lowest BCUT2D eigenvalue weighted by Crippen LogP contribution is -2.10. The quantitative estimate of drug-likeness (QED) is 0.152. The molecule has 5 aromatic heterocycles. The Labute approximate surface area is 464 Å². The van der Waals surface area contributed by atoms with Crippen LogP contribution in [0.4, 0.5) is 34.1 Å². The van der Waals surface area contributed by atoms with E-state index in [-0.39, 0.29) is 0 Å². The van der Waals surface area contributed by atoms with Crippen LogP contribution in [0.3, 0.4) is 0 Å². The molecule has 2 aliphatic rings. The molecular weight excluding hydrogens is 1000 g/mol. The smallest absolute Gasteiger partial charge is 0.137 e. The molecule has 0 saturated heterocycles. The molecule has 0 atom stereocenters. The Kier molecular flexibility index (Phi) is 10.5. The van der Waals surface area contributed by atoms with Gasteiger partial charge in [-0.3, -0.25) is 0 Å². The van der Waals surface area contributed by atoms with Crippen molar-refractivity contribution in [2.75, 3.05) is 9.80 Å². The van der Waals surface area contributed by atoms with Crippen LogP contribution in [0, 0.1) is 0 Å². The molecule has 79 heavy (non-hydrogen) atoms. The van der Waals surface area contributed by atoms with Crippen molar-refractivity contribution >= 4 is 163 Å². The molecule has 5 heterocycles. The number of rotatable bonds is 8. The molecule has 0 N–H and O–H groups in total. The maximum atomic E-state index is 6.88. The first-order valence-corrected chi connectivity index (χ1v) is 30.0. The molecular formula is C72H54N2O3S2. The van der Waals surface area contributed by atoms with Gasteiger partial charge >= 0.3 is 0 Å². The third kappa shape index (κ3) is 7.53. The van der Waals surface area contributed by atoms with Gasteiger partial charge in [-0.2, -0.15) is 0 Å². The van der Waals surface area contributed by atoms with E-state index in [4.69, 9.17) is 13.3 Å². The van der Waals surface area contributed by atoms with Crippen LogP contribution in [0.15, 0.2) is 207 Å². The Morgan fingerprint density at radius 3 is 0.987 bits per heavy atom. The maximum absolute atomic E-state index is 6.88. The predicted octanol–water partition coefficient (Wildman–Crippen LogP) is 23.2. The summed E-state index contributed by atoms with van der Waals surface area (Å²) in [5.74, 6) is 1.29. The zero-order chi connectivity index (χ0) is 51.7. The minimum absolute atomic E-state index is 0.644. The van der Waals surface area contributed by atoms with Gasteiger partial charge in [0.05, 0.1) is 0 Å². The first-order valence-electron chi connectivity index (χ1n) is 28.4. The second-order valence-electron chi connectivity index (χ2n) is 22.4. The van der Waals surface area contributed by atoms with Gasteiger partial charge in [0.1, 0.15) is 33.5 Å². The lowest BCUT2D eigenvalue weighted by molar-refractivity contribution is 0.443. The number of benzene rings is 10. The van der Waals surface area contributed by atoms with Crippen molar-refractivity contribution in [3.8, 4) is 0 Å². The van der Waals surface area contributed by atoms with Crippen molar-refractivity contribution < 1.29 is 13.3 Å². The number of hydrogen-bond acceptors (Lipinski definition) is 7. The molecule has 15 aromatic rings. The summed E-state index contributed by atoms with van der Waals surface area (Å²) >= 11 is 3.71. The Bertz CT molecular complexity index is 4580. The van der Waals surface area contributed by atoms with E-state index in [0.29, 0.717) is 11.8 Å². The minimum Gasteiger partial charge on any atom is -0.456 e. The van der Waals surface area contributed by atoms with Crippen LogP contribution in [-0.4, -0.2) is 0 Å². The Morgan fingerprint density at radius 1 is 0.266 bits per heavy atom. The van der Waals surface area contributed by atoms with Crippen LogP contribution >= 0.6 is 22.7 Å². The zero-order valence-electron chi connectivity index (χ0n) is 43.6. The van der Waals surface area contributed by atoms with E-state index in [1.54, 1.807) is 0 Å². The lowest BCUT2D eigenvalue weighted by Gasteiger charge is -2.27. The van der Waals surface area contributed by atoms with E-state index in [0.717, 1.165) is 99.9 Å². The molecule has 2 saturated carbocycles. The van der Waals surface area contributed by atoms with Gasteiger partial charge in [-0.15, -0.1) is 22.7 Å². The van der Waals surface area contributed by atoms with E-state index in [2.05, 4.69) is 204 Å². The second-order valence-corrected chi connectivity index (χ2v) is 24.6. The van der Waals surface area contributed by atoms with Gasteiger partial charge in [0.15, 0.2) is 0 Å². The van der Waals surface area contributed by atoms with Crippen molar-refractivity contribution in [1.29, 1.82) is 0 Å². The zero-order valence-corrected chi connectivity index (χ0v) is 45.3. The molecule has 0 unspecified atom stereocenters. The fourth-order valence-corrected chi connectivity index (χ4v) is 16.1. The summed E-state index contributed by atoms with van der Waals surface area (Å²) in [5.41, 5.74) is 14.5. The van der Waals surface area contributed by atoms with Crippen molar-refractivity contribution in [2.24, 2.45) is 0 Å². The highest BCUT2D eigenvalue weighted by atomic mass is 32.1. The maximum Gasteiger partial charge on any atom is 0.137 e. The largest absolute Gasteiger partial charge is 0.456 e. The van der Waals surface area contributed by atoms with Crippen LogP contribution in [-0.2, 0) is 0 Å². The summed E-state index contributed by atoms with van der Waals surface area (Å²) in [6.07, 6.45) is 13.1. The highest BCUT2D eigenvalue weighted by Crippen LogP contribution is 2.47. The Morgan fingerprint density at radius 2 is 0.582 bits per heavy atom. The van der Waals surface area contributed by atoms with Crippen molar-refractivity contribution in [1.82, 2.24) is 0 Å². The number of nitrogens with zero attached hydrogens (tertiary/aromatic N) is 2. The van der Waals surface area contributed by atoms with E-state index >= 15 is 0 Å². The summed E-state index contributed by atoms with van der Waals surface area (Å²) in [6, 6.07) is 72.0. The molecule has 10 aromatic carbocycles. The predicted molar refractivity (Wildman–Crippen MR) is 335 cm³/mol. The van der Waals surface area contributed by atoms with Gasteiger partial charge in [0.2, 0.25) is 0 Å². The monoisotopic (exact) mass is 1060 g/mol. The fourth-order valence-electron chi connectivity index (χ4n) is 13.8. The van der Waals surface area contributed by atoms with E-state index in [1.165, 1.54) is 116 Å². The lowest BCUT2D eigenvalue weighted by atomic mass is 9.84. The second kappa shape index (κ2) is 18.1. The molecule has 0 bridgehead atoms. The number of hydrogen-bond donors (Lipinski definition) is 0. The molecule has 382 valence electrons. The van der Waals surface area contributed by atoms with E-state index in [1.807, 2.05) is 22.7 Å². The van der Waals surface area contributed by atoms with Gasteiger partial charge in [0.25, 0.3) is 0 Å². The average Bonchev–Trinajstić information content (AvgIpc) is 4.45. The average molecular weight is 1060 g/mol. The highest BCUT2D eigenvalue weighted by molar-refractivity contribution is 7.26. The van der Waals surface area contributed by atoms with Crippen molar-refractivity contribution in [3.63, 3.8) is 0 Å². The summed E-state index contributed by atoms with van der Waals surface area (Å²) < 4.78 is 25.7. The van der Waals surface area contributed by atoms with Gasteiger partial charge in [-0.05, 0) is 158 Å². The van der Waals surface area contributed by atoms with E-state index in [9.17, 15) is 0 Å². The SMILES string of the molecule is c1ccc2c(c1)sc1cc(N(c3ccc(C4CCCCC4)cc3)c3ccc4c(c3)oc3cc5c(cc34)oc3cc4c(cc35)oc3cc(N(c5ccc(C6CCCCC6)cc5)c5ccc6c(c5)sc5ccccc56)ccc34)ccc12. The Hall–Kier alpha value is -8.36. The number of thiophene rings is 2.